The van der Waals surface area contributed by atoms with Gasteiger partial charge in [-0.1, -0.05) is 35.5 Å². The molecule has 0 saturated carbocycles. The smallest absolute Gasteiger partial charge is 0.222 e. The van der Waals surface area contributed by atoms with E-state index in [0.717, 1.165) is 68.9 Å². The van der Waals surface area contributed by atoms with Crippen LogP contribution in [0.5, 0.6) is 0 Å². The summed E-state index contributed by atoms with van der Waals surface area (Å²) in [7, 11) is 0. The van der Waals surface area contributed by atoms with E-state index in [9.17, 15) is 4.79 Å². The van der Waals surface area contributed by atoms with E-state index in [1.54, 1.807) is 0 Å². The van der Waals surface area contributed by atoms with Crippen LogP contribution in [0.25, 0.3) is 11.3 Å². The van der Waals surface area contributed by atoms with Crippen molar-refractivity contribution >= 4 is 5.91 Å². The Bertz CT molecular complexity index is 737. The van der Waals surface area contributed by atoms with Crippen LogP contribution in [0.4, 0.5) is 0 Å². The topological polar surface area (TPSA) is 58.4 Å². The van der Waals surface area contributed by atoms with Gasteiger partial charge < -0.3 is 14.7 Å². The minimum Gasteiger partial charge on any atom is -0.356 e. The molecule has 2 atom stereocenters. The highest BCUT2D eigenvalue weighted by Gasteiger charge is 2.30. The lowest BCUT2D eigenvalue weighted by Gasteiger charge is -2.34. The van der Waals surface area contributed by atoms with E-state index in [0.29, 0.717) is 24.2 Å². The Morgan fingerprint density at radius 2 is 1.96 bits per heavy atom. The molecule has 0 spiro atoms. The molecule has 144 valence electrons. The van der Waals surface area contributed by atoms with Crippen molar-refractivity contribution in [3.05, 3.63) is 42.1 Å². The number of aromatic nitrogens is 1. The lowest BCUT2D eigenvalue weighted by molar-refractivity contribution is -0.133. The molecule has 2 aliphatic rings. The number of nitrogens with one attached hydrogen (secondary N) is 1. The molecule has 3 heterocycles. The first kappa shape index (κ1) is 18.2. The first-order valence-electron chi connectivity index (χ1n) is 10.3. The van der Waals surface area contributed by atoms with Crippen molar-refractivity contribution in [2.24, 2.45) is 11.8 Å². The third-order valence-corrected chi connectivity index (χ3v) is 6.00. The molecule has 1 aromatic carbocycles. The average Bonchev–Trinajstić information content (AvgIpc) is 3.19. The number of amides is 1. The van der Waals surface area contributed by atoms with E-state index in [-0.39, 0.29) is 0 Å². The number of carbonyl (C=O) groups excluding carboxylic acids is 1. The third-order valence-electron chi connectivity index (χ3n) is 6.00. The Morgan fingerprint density at radius 3 is 2.78 bits per heavy atom. The summed E-state index contributed by atoms with van der Waals surface area (Å²) < 4.78 is 5.56. The number of benzene rings is 1. The molecule has 2 aromatic rings. The predicted octanol–water partition coefficient (Wildman–Crippen LogP) is 3.51. The number of likely N-dealkylation sites (tertiary alicyclic amines) is 1. The largest absolute Gasteiger partial charge is 0.356 e. The highest BCUT2D eigenvalue weighted by molar-refractivity contribution is 5.76. The molecule has 1 amide bonds. The van der Waals surface area contributed by atoms with Gasteiger partial charge in [0.15, 0.2) is 5.76 Å². The van der Waals surface area contributed by atoms with Gasteiger partial charge in [-0.25, -0.2) is 0 Å². The van der Waals surface area contributed by atoms with Gasteiger partial charge in [0.05, 0.1) is 5.69 Å². The molecule has 2 fully saturated rings. The molecule has 0 unspecified atom stereocenters. The molecule has 1 aromatic heterocycles. The second-order valence-corrected chi connectivity index (χ2v) is 7.91. The Kier molecular flexibility index (Phi) is 5.87. The molecular formula is C22H29N3O2. The second kappa shape index (κ2) is 8.70. The van der Waals surface area contributed by atoms with Crippen LogP contribution in [0.1, 0.15) is 37.8 Å². The number of nitrogens with zero attached hydrogens (tertiary/aromatic N) is 2. The number of hydrogen-bond acceptors (Lipinski definition) is 4. The quantitative estimate of drug-likeness (QED) is 0.879. The molecule has 4 rings (SSSR count). The zero-order chi connectivity index (χ0) is 18.5. The molecular weight excluding hydrogens is 338 g/mol. The van der Waals surface area contributed by atoms with Gasteiger partial charge in [0, 0.05) is 31.1 Å². The van der Waals surface area contributed by atoms with Crippen LogP contribution in [0.2, 0.25) is 0 Å². The first-order valence-corrected chi connectivity index (χ1v) is 10.3. The van der Waals surface area contributed by atoms with E-state index in [1.807, 2.05) is 36.4 Å². The maximum atomic E-state index is 12.7. The number of piperidine rings is 2. The van der Waals surface area contributed by atoms with Gasteiger partial charge in [-0.3, -0.25) is 4.79 Å². The maximum Gasteiger partial charge on any atom is 0.222 e. The number of carbonyl (C=O) groups is 1. The Balaban J connectivity index is 1.39. The summed E-state index contributed by atoms with van der Waals surface area (Å²) in [6, 6.07) is 12.1. The zero-order valence-electron chi connectivity index (χ0n) is 15.9. The van der Waals surface area contributed by atoms with Crippen molar-refractivity contribution in [2.75, 3.05) is 26.2 Å². The molecule has 0 aliphatic carbocycles. The summed E-state index contributed by atoms with van der Waals surface area (Å²) in [5, 5.41) is 7.79. The fraction of sp³-hybridized carbons (Fsp3) is 0.545. The van der Waals surface area contributed by atoms with E-state index in [1.165, 1.54) is 6.42 Å². The van der Waals surface area contributed by atoms with Crippen molar-refractivity contribution in [3.63, 3.8) is 0 Å². The fourth-order valence-electron chi connectivity index (χ4n) is 4.40. The van der Waals surface area contributed by atoms with Crippen LogP contribution in [-0.4, -0.2) is 42.1 Å². The first-order chi connectivity index (χ1) is 13.3. The average molecular weight is 367 g/mol. The van der Waals surface area contributed by atoms with E-state index < -0.39 is 0 Å². The lowest BCUT2D eigenvalue weighted by Crippen LogP contribution is -2.42. The Labute approximate surface area is 161 Å². The van der Waals surface area contributed by atoms with Gasteiger partial charge in [0.25, 0.3) is 0 Å². The number of rotatable bonds is 5. The molecule has 0 bridgehead atoms. The van der Waals surface area contributed by atoms with Crippen molar-refractivity contribution in [2.45, 2.75) is 38.5 Å². The maximum absolute atomic E-state index is 12.7. The van der Waals surface area contributed by atoms with Gasteiger partial charge in [-0.2, -0.15) is 0 Å². The molecule has 1 N–H and O–H groups in total. The number of hydrogen-bond donors (Lipinski definition) is 1. The fourth-order valence-corrected chi connectivity index (χ4v) is 4.40. The lowest BCUT2D eigenvalue weighted by atomic mass is 9.81. The molecule has 5 heteroatoms. The summed E-state index contributed by atoms with van der Waals surface area (Å²) in [4.78, 5) is 14.8. The summed E-state index contributed by atoms with van der Waals surface area (Å²) in [6.45, 7) is 3.84. The van der Waals surface area contributed by atoms with E-state index in [4.69, 9.17) is 4.52 Å². The van der Waals surface area contributed by atoms with Crippen molar-refractivity contribution in [1.29, 1.82) is 0 Å². The van der Waals surface area contributed by atoms with E-state index >= 15 is 0 Å². The summed E-state index contributed by atoms with van der Waals surface area (Å²) in [6.07, 6.45) is 6.17. The van der Waals surface area contributed by atoms with Gasteiger partial charge in [0.2, 0.25) is 5.91 Å². The third kappa shape index (κ3) is 4.59. The van der Waals surface area contributed by atoms with Gasteiger partial charge in [-0.05, 0) is 57.0 Å². The van der Waals surface area contributed by atoms with Crippen molar-refractivity contribution in [1.82, 2.24) is 15.4 Å². The van der Waals surface area contributed by atoms with Crippen molar-refractivity contribution in [3.8, 4) is 11.3 Å². The SMILES string of the molecule is O=C(C[C@@H]1CCNC[C@H]1Cc1cc(-c2ccccc2)on1)N1CCCCC1. The van der Waals surface area contributed by atoms with Gasteiger partial charge >= 0.3 is 0 Å². The standard InChI is InChI=1S/C22H29N3O2/c26-22(25-11-5-2-6-12-25)14-18-9-10-23-16-19(18)13-20-15-21(27-24-20)17-7-3-1-4-8-17/h1,3-4,7-8,15,18-19,23H,2,5-6,9-14,16H2/t18-,19+/m0/s1. The summed E-state index contributed by atoms with van der Waals surface area (Å²) in [5.41, 5.74) is 2.04. The van der Waals surface area contributed by atoms with Crippen LogP contribution in [-0.2, 0) is 11.2 Å². The minimum absolute atomic E-state index is 0.344. The monoisotopic (exact) mass is 367 g/mol. The summed E-state index contributed by atoms with van der Waals surface area (Å²) >= 11 is 0. The van der Waals surface area contributed by atoms with E-state index in [2.05, 4.69) is 15.4 Å². The Hall–Kier alpha value is -2.14. The molecule has 2 aliphatic heterocycles. The zero-order valence-corrected chi connectivity index (χ0v) is 15.9. The van der Waals surface area contributed by atoms with Gasteiger partial charge in [0.1, 0.15) is 0 Å². The molecule has 0 radical (unpaired) electrons. The summed E-state index contributed by atoms with van der Waals surface area (Å²) in [5.74, 6) is 2.02. The van der Waals surface area contributed by atoms with Crippen LogP contribution in [0.3, 0.4) is 0 Å². The molecule has 2 saturated heterocycles. The van der Waals surface area contributed by atoms with Gasteiger partial charge in [-0.15, -0.1) is 0 Å². The highest BCUT2D eigenvalue weighted by atomic mass is 16.5. The highest BCUT2D eigenvalue weighted by Crippen LogP contribution is 2.29. The minimum atomic E-state index is 0.344. The second-order valence-electron chi connectivity index (χ2n) is 7.91. The normalized spacial score (nSPS) is 23.3. The van der Waals surface area contributed by atoms with Crippen LogP contribution in [0, 0.1) is 11.8 Å². The van der Waals surface area contributed by atoms with Crippen LogP contribution >= 0.6 is 0 Å². The van der Waals surface area contributed by atoms with Crippen molar-refractivity contribution < 1.29 is 9.32 Å². The Morgan fingerprint density at radius 1 is 1.15 bits per heavy atom. The predicted molar refractivity (Wildman–Crippen MR) is 105 cm³/mol. The van der Waals surface area contributed by atoms with Crippen LogP contribution in [0.15, 0.2) is 40.9 Å². The van der Waals surface area contributed by atoms with Crippen LogP contribution < -0.4 is 5.32 Å². The molecule has 5 nitrogen and oxygen atoms in total. The molecule has 27 heavy (non-hydrogen) atoms.